The third-order valence-electron chi connectivity index (χ3n) is 2.41. The Labute approximate surface area is 108 Å². The lowest BCUT2D eigenvalue weighted by atomic mass is 10.3. The molecule has 0 radical (unpaired) electrons. The zero-order valence-electron chi connectivity index (χ0n) is 9.50. The second kappa shape index (κ2) is 5.01. The van der Waals surface area contributed by atoms with Gasteiger partial charge in [0.15, 0.2) is 5.82 Å². The van der Waals surface area contributed by atoms with Crippen LogP contribution in [-0.4, -0.2) is 19.7 Å². The van der Waals surface area contributed by atoms with Crippen molar-refractivity contribution in [1.82, 2.24) is 14.8 Å². The second-order valence-electron chi connectivity index (χ2n) is 3.63. The van der Waals surface area contributed by atoms with Gasteiger partial charge in [-0.3, -0.25) is 10.1 Å². The number of aryl methyl sites for hydroxylation is 1. The molecule has 94 valence electrons. The normalized spacial score (nSPS) is 10.3. The molecular weight excluding hydrogens is 258 g/mol. The first kappa shape index (κ1) is 12.3. The molecule has 0 aliphatic carbocycles. The van der Waals surface area contributed by atoms with Crippen LogP contribution in [0.3, 0.4) is 0 Å². The molecule has 2 rings (SSSR count). The minimum absolute atomic E-state index is 0.0378. The molecule has 0 aliphatic rings. The molecule has 0 amide bonds. The van der Waals surface area contributed by atoms with Gasteiger partial charge in [0.2, 0.25) is 0 Å². The van der Waals surface area contributed by atoms with E-state index < -0.39 is 4.92 Å². The van der Waals surface area contributed by atoms with Crippen LogP contribution in [0.5, 0.6) is 0 Å². The van der Waals surface area contributed by atoms with Gasteiger partial charge in [0, 0.05) is 19.2 Å². The van der Waals surface area contributed by atoms with Crippen LogP contribution in [0.4, 0.5) is 11.4 Å². The van der Waals surface area contributed by atoms with E-state index in [0.29, 0.717) is 17.3 Å². The predicted molar refractivity (Wildman–Crippen MR) is 66.4 cm³/mol. The number of nitrogens with one attached hydrogen (secondary N) is 1. The number of nitro groups is 1. The van der Waals surface area contributed by atoms with E-state index >= 15 is 0 Å². The van der Waals surface area contributed by atoms with E-state index in [1.165, 1.54) is 12.1 Å². The van der Waals surface area contributed by atoms with E-state index in [1.54, 1.807) is 17.0 Å². The molecule has 0 bridgehead atoms. The first-order valence-electron chi connectivity index (χ1n) is 5.08. The topological polar surface area (TPSA) is 85.9 Å². The molecule has 0 saturated carbocycles. The molecule has 0 unspecified atom stereocenters. The van der Waals surface area contributed by atoms with E-state index in [9.17, 15) is 10.1 Å². The molecule has 1 aromatic carbocycles. The van der Waals surface area contributed by atoms with Crippen LogP contribution in [0.2, 0.25) is 5.02 Å². The summed E-state index contributed by atoms with van der Waals surface area (Å²) in [7, 11) is 1.83. The maximum Gasteiger partial charge on any atom is 0.271 e. The van der Waals surface area contributed by atoms with Crippen LogP contribution in [0.25, 0.3) is 0 Å². The summed E-state index contributed by atoms with van der Waals surface area (Å²) in [5, 5.41) is 21.6. The Kier molecular flexibility index (Phi) is 3.42. The van der Waals surface area contributed by atoms with E-state index in [1.807, 2.05) is 7.05 Å². The van der Waals surface area contributed by atoms with E-state index in [4.69, 9.17) is 11.6 Å². The Balaban J connectivity index is 2.11. The average molecular weight is 268 g/mol. The van der Waals surface area contributed by atoms with Gasteiger partial charge < -0.3 is 9.88 Å². The SMILES string of the molecule is Cn1cnnc1CNc1ccc([N+](=O)[O-])cc1Cl. The molecule has 1 aromatic heterocycles. The fourth-order valence-electron chi connectivity index (χ4n) is 1.40. The fraction of sp³-hybridized carbons (Fsp3) is 0.200. The average Bonchev–Trinajstić information content (AvgIpc) is 2.73. The first-order chi connectivity index (χ1) is 8.58. The molecule has 1 heterocycles. The number of halogens is 1. The van der Waals surface area contributed by atoms with Crippen molar-refractivity contribution in [2.75, 3.05) is 5.32 Å². The predicted octanol–water partition coefficient (Wildman–Crippen LogP) is 1.99. The highest BCUT2D eigenvalue weighted by Gasteiger charge is 2.09. The van der Waals surface area contributed by atoms with E-state index in [2.05, 4.69) is 15.5 Å². The van der Waals surface area contributed by atoms with Gasteiger partial charge >= 0.3 is 0 Å². The Morgan fingerprint density at radius 2 is 2.33 bits per heavy atom. The lowest BCUT2D eigenvalue weighted by Gasteiger charge is -2.07. The number of benzene rings is 1. The summed E-state index contributed by atoms with van der Waals surface area (Å²) in [5.74, 6) is 0.740. The van der Waals surface area contributed by atoms with Crippen molar-refractivity contribution >= 4 is 23.0 Å². The summed E-state index contributed by atoms with van der Waals surface area (Å²) in [6.07, 6.45) is 1.59. The quantitative estimate of drug-likeness (QED) is 0.676. The highest BCUT2D eigenvalue weighted by molar-refractivity contribution is 6.33. The molecule has 0 atom stereocenters. The standard InChI is InChI=1S/C10H10ClN5O2/c1-15-6-13-14-10(15)5-12-9-3-2-7(16(17)18)4-8(9)11/h2-4,6,12H,5H2,1H3. The van der Waals surface area contributed by atoms with Gasteiger partial charge in [-0.25, -0.2) is 0 Å². The van der Waals surface area contributed by atoms with Crippen molar-refractivity contribution in [2.24, 2.45) is 7.05 Å². The van der Waals surface area contributed by atoms with Gasteiger partial charge in [0.1, 0.15) is 6.33 Å². The number of rotatable bonds is 4. The number of anilines is 1. The third kappa shape index (κ3) is 2.57. The molecule has 0 spiro atoms. The molecule has 1 N–H and O–H groups in total. The summed E-state index contributed by atoms with van der Waals surface area (Å²) in [5.41, 5.74) is 0.578. The van der Waals surface area contributed by atoms with Gasteiger partial charge in [-0.15, -0.1) is 10.2 Å². The van der Waals surface area contributed by atoms with Gasteiger partial charge in [-0.05, 0) is 6.07 Å². The molecule has 7 nitrogen and oxygen atoms in total. The van der Waals surface area contributed by atoms with Crippen LogP contribution in [0, 0.1) is 10.1 Å². The maximum absolute atomic E-state index is 10.6. The van der Waals surface area contributed by atoms with Crippen LogP contribution >= 0.6 is 11.6 Å². The number of aromatic nitrogens is 3. The van der Waals surface area contributed by atoms with Crippen molar-refractivity contribution in [2.45, 2.75) is 6.54 Å². The van der Waals surface area contributed by atoms with Gasteiger partial charge in [-0.1, -0.05) is 11.6 Å². The van der Waals surface area contributed by atoms with Gasteiger partial charge in [0.25, 0.3) is 5.69 Å². The number of hydrogen-bond donors (Lipinski definition) is 1. The summed E-state index contributed by atoms with van der Waals surface area (Å²) >= 11 is 5.94. The molecular formula is C10H10ClN5O2. The highest BCUT2D eigenvalue weighted by Crippen LogP contribution is 2.26. The molecule has 0 saturated heterocycles. The largest absolute Gasteiger partial charge is 0.377 e. The zero-order valence-corrected chi connectivity index (χ0v) is 10.3. The fourth-order valence-corrected chi connectivity index (χ4v) is 1.64. The van der Waals surface area contributed by atoms with Crippen molar-refractivity contribution < 1.29 is 4.92 Å². The van der Waals surface area contributed by atoms with E-state index in [0.717, 1.165) is 5.82 Å². The molecule has 18 heavy (non-hydrogen) atoms. The minimum atomic E-state index is -0.488. The van der Waals surface area contributed by atoms with Crippen molar-refractivity contribution in [3.8, 4) is 0 Å². The Bertz CT molecular complexity index is 583. The molecule has 0 fully saturated rings. The number of non-ortho nitro benzene ring substituents is 1. The van der Waals surface area contributed by atoms with Crippen LogP contribution in [-0.2, 0) is 13.6 Å². The summed E-state index contributed by atoms with van der Waals surface area (Å²) in [6.45, 7) is 0.439. The van der Waals surface area contributed by atoms with Crippen LogP contribution < -0.4 is 5.32 Å². The van der Waals surface area contributed by atoms with E-state index in [-0.39, 0.29) is 5.69 Å². The van der Waals surface area contributed by atoms with Crippen LogP contribution in [0.1, 0.15) is 5.82 Å². The lowest BCUT2D eigenvalue weighted by molar-refractivity contribution is -0.384. The number of hydrogen-bond acceptors (Lipinski definition) is 5. The Morgan fingerprint density at radius 1 is 1.56 bits per heavy atom. The first-order valence-corrected chi connectivity index (χ1v) is 5.46. The van der Waals surface area contributed by atoms with Crippen LogP contribution in [0.15, 0.2) is 24.5 Å². The maximum atomic E-state index is 10.6. The summed E-state index contributed by atoms with van der Waals surface area (Å²) < 4.78 is 1.77. The Hall–Kier alpha value is -2.15. The van der Waals surface area contributed by atoms with Crippen molar-refractivity contribution in [3.05, 3.63) is 45.5 Å². The summed E-state index contributed by atoms with van der Waals surface area (Å²) in [4.78, 5) is 10.1. The van der Waals surface area contributed by atoms with Crippen molar-refractivity contribution in [3.63, 3.8) is 0 Å². The van der Waals surface area contributed by atoms with Gasteiger partial charge in [0.05, 0.1) is 22.2 Å². The summed E-state index contributed by atoms with van der Waals surface area (Å²) in [6, 6.07) is 4.27. The molecule has 8 heteroatoms. The zero-order chi connectivity index (χ0) is 13.1. The van der Waals surface area contributed by atoms with Crippen molar-refractivity contribution in [1.29, 1.82) is 0 Å². The number of nitrogens with zero attached hydrogens (tertiary/aromatic N) is 4. The molecule has 0 aliphatic heterocycles. The lowest BCUT2D eigenvalue weighted by Crippen LogP contribution is -2.06. The Morgan fingerprint density at radius 3 is 2.89 bits per heavy atom. The number of nitro benzene ring substituents is 1. The monoisotopic (exact) mass is 267 g/mol. The third-order valence-corrected chi connectivity index (χ3v) is 2.72. The molecule has 2 aromatic rings. The minimum Gasteiger partial charge on any atom is -0.377 e. The smallest absolute Gasteiger partial charge is 0.271 e. The van der Waals surface area contributed by atoms with Gasteiger partial charge in [-0.2, -0.15) is 0 Å². The highest BCUT2D eigenvalue weighted by atomic mass is 35.5. The second-order valence-corrected chi connectivity index (χ2v) is 4.04.